The van der Waals surface area contributed by atoms with Crippen LogP contribution >= 0.6 is 0 Å². The second kappa shape index (κ2) is 7.32. The summed E-state index contributed by atoms with van der Waals surface area (Å²) >= 11 is 0. The molecule has 0 unspecified atom stereocenters. The van der Waals surface area contributed by atoms with Gasteiger partial charge in [0.05, 0.1) is 5.56 Å². The van der Waals surface area contributed by atoms with Crippen molar-refractivity contribution in [3.8, 4) is 0 Å². The largest absolute Gasteiger partial charge is 0.416 e. The van der Waals surface area contributed by atoms with Crippen molar-refractivity contribution in [2.24, 2.45) is 5.73 Å². The van der Waals surface area contributed by atoms with Crippen molar-refractivity contribution in [3.05, 3.63) is 70.0 Å². The molecular weight excluding hydrogens is 394 g/mol. The molecule has 1 aliphatic carbocycles. The van der Waals surface area contributed by atoms with E-state index in [0.717, 1.165) is 17.7 Å². The minimum absolute atomic E-state index is 0.0383. The molecule has 2 nitrogen and oxygen atoms in total. The molecular formula is C21H20F6N2. The van der Waals surface area contributed by atoms with Crippen LogP contribution in [0.25, 0.3) is 0 Å². The first-order valence-electron chi connectivity index (χ1n) is 9.46. The molecule has 2 aromatic carbocycles. The molecule has 0 radical (unpaired) electrons. The van der Waals surface area contributed by atoms with Crippen molar-refractivity contribution in [1.29, 1.82) is 0 Å². The lowest BCUT2D eigenvalue weighted by Gasteiger charge is -2.38. The van der Waals surface area contributed by atoms with Crippen LogP contribution in [0.3, 0.4) is 0 Å². The summed E-state index contributed by atoms with van der Waals surface area (Å²) in [4.78, 5) is 2.09. The number of nitrogens with two attached hydrogens (primary N) is 1. The van der Waals surface area contributed by atoms with Gasteiger partial charge in [-0.3, -0.25) is 4.90 Å². The smallest absolute Gasteiger partial charge is 0.327 e. The number of halogens is 6. The Bertz CT molecular complexity index is 926. The molecule has 0 aromatic heterocycles. The fourth-order valence-corrected chi connectivity index (χ4v) is 4.58. The van der Waals surface area contributed by atoms with Gasteiger partial charge in [-0.25, -0.2) is 13.2 Å². The van der Waals surface area contributed by atoms with E-state index >= 15 is 0 Å². The van der Waals surface area contributed by atoms with Gasteiger partial charge in [0, 0.05) is 37.2 Å². The predicted molar refractivity (Wildman–Crippen MR) is 95.4 cm³/mol. The number of fused-ring (bicyclic) bond motifs is 1. The molecule has 3 atom stereocenters. The van der Waals surface area contributed by atoms with Crippen molar-refractivity contribution >= 4 is 0 Å². The van der Waals surface area contributed by atoms with Crippen LogP contribution in [-0.2, 0) is 19.3 Å². The highest BCUT2D eigenvalue weighted by Gasteiger charge is 2.37. The van der Waals surface area contributed by atoms with E-state index in [-0.39, 0.29) is 11.6 Å². The van der Waals surface area contributed by atoms with Gasteiger partial charge in [0.25, 0.3) is 0 Å². The molecule has 4 rings (SSSR count). The van der Waals surface area contributed by atoms with Crippen LogP contribution < -0.4 is 5.73 Å². The monoisotopic (exact) mass is 414 g/mol. The number of nitrogens with zero attached hydrogens (tertiary/aromatic N) is 1. The molecule has 156 valence electrons. The van der Waals surface area contributed by atoms with Gasteiger partial charge in [0.1, 0.15) is 5.82 Å². The van der Waals surface area contributed by atoms with Crippen molar-refractivity contribution < 1.29 is 26.3 Å². The second-order valence-corrected chi connectivity index (χ2v) is 7.91. The summed E-state index contributed by atoms with van der Waals surface area (Å²) in [7, 11) is 0. The van der Waals surface area contributed by atoms with Crippen LogP contribution in [0.5, 0.6) is 0 Å². The summed E-state index contributed by atoms with van der Waals surface area (Å²) in [5.41, 5.74) is 7.19. The molecule has 2 N–H and O–H groups in total. The molecule has 0 amide bonds. The van der Waals surface area contributed by atoms with Gasteiger partial charge in [-0.05, 0) is 54.2 Å². The normalized spacial score (nSPS) is 25.3. The van der Waals surface area contributed by atoms with Crippen LogP contribution in [-0.4, -0.2) is 17.0 Å². The van der Waals surface area contributed by atoms with E-state index in [4.69, 9.17) is 5.73 Å². The Labute approximate surface area is 164 Å². The zero-order chi connectivity index (χ0) is 20.9. The molecule has 2 aromatic rings. The molecule has 1 aliphatic heterocycles. The minimum Gasteiger partial charge on any atom is -0.327 e. The van der Waals surface area contributed by atoms with Gasteiger partial charge < -0.3 is 5.73 Å². The predicted octanol–water partition coefficient (Wildman–Crippen LogP) is 5.10. The van der Waals surface area contributed by atoms with Crippen molar-refractivity contribution in [2.45, 2.75) is 56.5 Å². The Balaban J connectivity index is 1.46. The number of alkyl halides is 3. The molecule has 1 saturated carbocycles. The molecule has 8 heteroatoms. The fourth-order valence-electron chi connectivity index (χ4n) is 4.58. The molecule has 2 aliphatic rings. The van der Waals surface area contributed by atoms with E-state index in [1.165, 1.54) is 12.1 Å². The number of hydrogen-bond donors (Lipinski definition) is 1. The Morgan fingerprint density at radius 1 is 0.862 bits per heavy atom. The number of rotatable bonds is 2. The van der Waals surface area contributed by atoms with Crippen molar-refractivity contribution in [1.82, 2.24) is 4.90 Å². The zero-order valence-electron chi connectivity index (χ0n) is 15.4. The SMILES string of the molecule is N[C@H]1C[C@@H](N2Cc3ccc(C(F)(F)F)cc3C2)CC[C@@H]1c1cc(F)c(F)cc1F. The lowest BCUT2D eigenvalue weighted by Crippen LogP contribution is -2.44. The lowest BCUT2D eigenvalue weighted by atomic mass is 9.77. The van der Waals surface area contributed by atoms with Gasteiger partial charge in [-0.1, -0.05) is 6.07 Å². The molecule has 0 bridgehead atoms. The van der Waals surface area contributed by atoms with E-state index < -0.39 is 41.2 Å². The van der Waals surface area contributed by atoms with Crippen molar-refractivity contribution in [3.63, 3.8) is 0 Å². The number of benzene rings is 2. The van der Waals surface area contributed by atoms with E-state index in [1.54, 1.807) is 0 Å². The minimum atomic E-state index is -4.38. The Morgan fingerprint density at radius 2 is 1.55 bits per heavy atom. The zero-order valence-corrected chi connectivity index (χ0v) is 15.4. The van der Waals surface area contributed by atoms with Crippen LogP contribution in [0, 0.1) is 17.5 Å². The topological polar surface area (TPSA) is 29.3 Å². The summed E-state index contributed by atoms with van der Waals surface area (Å²) in [5.74, 6) is -3.58. The lowest BCUT2D eigenvalue weighted by molar-refractivity contribution is -0.137. The van der Waals surface area contributed by atoms with E-state index in [2.05, 4.69) is 4.90 Å². The first-order valence-corrected chi connectivity index (χ1v) is 9.46. The quantitative estimate of drug-likeness (QED) is 0.547. The van der Waals surface area contributed by atoms with E-state index in [9.17, 15) is 26.3 Å². The Morgan fingerprint density at radius 3 is 2.24 bits per heavy atom. The highest BCUT2D eigenvalue weighted by molar-refractivity contribution is 5.36. The Hall–Kier alpha value is -2.06. The third kappa shape index (κ3) is 3.88. The first-order chi connectivity index (χ1) is 13.6. The maximum Gasteiger partial charge on any atom is 0.416 e. The summed E-state index contributed by atoms with van der Waals surface area (Å²) in [6, 6.07) is 4.80. The maximum atomic E-state index is 14.1. The third-order valence-corrected chi connectivity index (χ3v) is 6.11. The summed E-state index contributed by atoms with van der Waals surface area (Å²) in [5, 5.41) is 0. The average Bonchev–Trinajstić information content (AvgIpc) is 3.07. The van der Waals surface area contributed by atoms with Crippen LogP contribution in [0.15, 0.2) is 30.3 Å². The Kier molecular flexibility index (Phi) is 5.11. The molecule has 1 heterocycles. The highest BCUT2D eigenvalue weighted by Crippen LogP contribution is 2.39. The van der Waals surface area contributed by atoms with Crippen LogP contribution in [0.4, 0.5) is 26.3 Å². The average molecular weight is 414 g/mol. The van der Waals surface area contributed by atoms with E-state index in [0.29, 0.717) is 44.0 Å². The summed E-state index contributed by atoms with van der Waals surface area (Å²) in [6.07, 6.45) is -2.73. The summed E-state index contributed by atoms with van der Waals surface area (Å²) in [6.45, 7) is 0.940. The molecule has 1 fully saturated rings. The van der Waals surface area contributed by atoms with E-state index in [1.807, 2.05) is 0 Å². The van der Waals surface area contributed by atoms with Gasteiger partial charge >= 0.3 is 6.18 Å². The molecule has 0 spiro atoms. The van der Waals surface area contributed by atoms with Gasteiger partial charge in [0.15, 0.2) is 11.6 Å². The molecule has 0 saturated heterocycles. The van der Waals surface area contributed by atoms with Gasteiger partial charge in [0.2, 0.25) is 0 Å². The van der Waals surface area contributed by atoms with Gasteiger partial charge in [-0.15, -0.1) is 0 Å². The highest BCUT2D eigenvalue weighted by atomic mass is 19.4. The molecule has 29 heavy (non-hydrogen) atoms. The number of hydrogen-bond acceptors (Lipinski definition) is 2. The van der Waals surface area contributed by atoms with Crippen molar-refractivity contribution in [2.75, 3.05) is 0 Å². The second-order valence-electron chi connectivity index (χ2n) is 7.91. The van der Waals surface area contributed by atoms with Gasteiger partial charge in [-0.2, -0.15) is 13.2 Å². The third-order valence-electron chi connectivity index (χ3n) is 6.11. The summed E-state index contributed by atoms with van der Waals surface area (Å²) < 4.78 is 79.7. The standard InChI is InChI=1S/C21H20F6N2/c22-17-8-19(24)18(23)7-16(17)15-4-3-14(6-20(15)28)29-9-11-1-2-13(21(25,26)27)5-12(11)10-29/h1-2,5,7-8,14-15,20H,3-4,6,9-10,28H2/t14-,15+,20-/m0/s1. The fraction of sp³-hybridized carbons (Fsp3) is 0.429. The van der Waals surface area contributed by atoms with Crippen LogP contribution in [0.2, 0.25) is 0 Å². The van der Waals surface area contributed by atoms with Crippen LogP contribution in [0.1, 0.15) is 47.4 Å². The maximum absolute atomic E-state index is 14.1. The first kappa shape index (κ1) is 20.2.